The van der Waals surface area contributed by atoms with Crippen molar-refractivity contribution in [2.75, 3.05) is 20.1 Å². The summed E-state index contributed by atoms with van der Waals surface area (Å²) in [5.41, 5.74) is 6.75. The molecule has 1 saturated carbocycles. The SMILES string of the molecule is CN(CCNC(=O)C(N)c1ccccc1)C1CC1.Cl.Cl. The number of benzene rings is 1. The van der Waals surface area contributed by atoms with Gasteiger partial charge in [0.1, 0.15) is 6.04 Å². The van der Waals surface area contributed by atoms with E-state index in [1.54, 1.807) is 0 Å². The average molecular weight is 320 g/mol. The van der Waals surface area contributed by atoms with Gasteiger partial charge in [-0.1, -0.05) is 30.3 Å². The predicted octanol–water partition coefficient (Wildman–Crippen LogP) is 1.74. The lowest BCUT2D eigenvalue weighted by atomic mass is 10.1. The van der Waals surface area contributed by atoms with Gasteiger partial charge in [0.2, 0.25) is 5.91 Å². The quantitative estimate of drug-likeness (QED) is 0.839. The first-order chi connectivity index (χ1) is 8.68. The van der Waals surface area contributed by atoms with E-state index in [1.165, 1.54) is 12.8 Å². The minimum atomic E-state index is -0.572. The van der Waals surface area contributed by atoms with Crippen molar-refractivity contribution in [3.63, 3.8) is 0 Å². The molecule has 2 rings (SSSR count). The molecule has 0 saturated heterocycles. The maximum Gasteiger partial charge on any atom is 0.241 e. The van der Waals surface area contributed by atoms with Gasteiger partial charge in [-0.25, -0.2) is 0 Å². The van der Waals surface area contributed by atoms with E-state index in [0.29, 0.717) is 6.54 Å². The Labute approximate surface area is 132 Å². The summed E-state index contributed by atoms with van der Waals surface area (Å²) in [5, 5.41) is 2.89. The van der Waals surface area contributed by atoms with E-state index in [-0.39, 0.29) is 30.7 Å². The van der Waals surface area contributed by atoms with Crippen LogP contribution in [-0.4, -0.2) is 37.0 Å². The maximum absolute atomic E-state index is 11.9. The Bertz CT molecular complexity index is 399. The topological polar surface area (TPSA) is 58.4 Å². The summed E-state index contributed by atoms with van der Waals surface area (Å²) in [5.74, 6) is -0.106. The van der Waals surface area contributed by atoms with Crippen LogP contribution >= 0.6 is 24.8 Å². The molecule has 6 heteroatoms. The van der Waals surface area contributed by atoms with Gasteiger partial charge in [-0.3, -0.25) is 4.79 Å². The third-order valence-electron chi connectivity index (χ3n) is 3.38. The second-order valence-corrected chi connectivity index (χ2v) is 4.89. The molecule has 3 N–H and O–H groups in total. The van der Waals surface area contributed by atoms with Crippen molar-refractivity contribution in [2.24, 2.45) is 5.73 Å². The number of rotatable bonds is 6. The van der Waals surface area contributed by atoms with E-state index in [4.69, 9.17) is 5.73 Å². The fraction of sp³-hybridized carbons (Fsp3) is 0.500. The van der Waals surface area contributed by atoms with Gasteiger partial charge in [-0.2, -0.15) is 0 Å². The summed E-state index contributed by atoms with van der Waals surface area (Å²) in [6, 6.07) is 9.61. The van der Waals surface area contributed by atoms with Gasteiger partial charge in [-0.15, -0.1) is 24.8 Å². The number of halogens is 2. The largest absolute Gasteiger partial charge is 0.353 e. The summed E-state index contributed by atoms with van der Waals surface area (Å²) in [7, 11) is 2.10. The highest BCUT2D eigenvalue weighted by molar-refractivity contribution is 5.85. The van der Waals surface area contributed by atoms with Gasteiger partial charge in [-0.05, 0) is 25.5 Å². The molecule has 0 heterocycles. The van der Waals surface area contributed by atoms with Crippen molar-refractivity contribution in [3.05, 3.63) is 35.9 Å². The average Bonchev–Trinajstić information content (AvgIpc) is 3.23. The highest BCUT2D eigenvalue weighted by Crippen LogP contribution is 2.24. The molecule has 0 aromatic heterocycles. The van der Waals surface area contributed by atoms with E-state index in [0.717, 1.165) is 18.2 Å². The van der Waals surface area contributed by atoms with Gasteiger partial charge < -0.3 is 16.0 Å². The third-order valence-corrected chi connectivity index (χ3v) is 3.38. The van der Waals surface area contributed by atoms with Crippen LogP contribution in [0.15, 0.2) is 30.3 Å². The number of nitrogens with two attached hydrogens (primary N) is 1. The van der Waals surface area contributed by atoms with E-state index in [9.17, 15) is 4.79 Å². The maximum atomic E-state index is 11.9. The second kappa shape index (κ2) is 9.19. The number of likely N-dealkylation sites (N-methyl/N-ethyl adjacent to an activating group) is 1. The number of nitrogens with zero attached hydrogens (tertiary/aromatic N) is 1. The van der Waals surface area contributed by atoms with Crippen LogP contribution in [0.3, 0.4) is 0 Å². The van der Waals surface area contributed by atoms with Crippen LogP contribution in [0, 0.1) is 0 Å². The van der Waals surface area contributed by atoms with Crippen LogP contribution in [0.5, 0.6) is 0 Å². The molecular weight excluding hydrogens is 297 g/mol. The second-order valence-electron chi connectivity index (χ2n) is 4.89. The lowest BCUT2D eigenvalue weighted by molar-refractivity contribution is -0.122. The number of carbonyl (C=O) groups is 1. The van der Waals surface area contributed by atoms with Crippen LogP contribution in [0.2, 0.25) is 0 Å². The van der Waals surface area contributed by atoms with E-state index >= 15 is 0 Å². The standard InChI is InChI=1S/C14H21N3O.2ClH/c1-17(12-7-8-12)10-9-16-14(18)13(15)11-5-3-2-4-6-11;;/h2-6,12-13H,7-10,15H2,1H3,(H,16,18);2*1H. The number of nitrogens with one attached hydrogen (secondary N) is 1. The molecule has 0 aliphatic heterocycles. The van der Waals surface area contributed by atoms with Crippen LogP contribution in [0.1, 0.15) is 24.4 Å². The molecule has 1 aliphatic rings. The van der Waals surface area contributed by atoms with Gasteiger partial charge >= 0.3 is 0 Å². The highest BCUT2D eigenvalue weighted by Gasteiger charge is 2.25. The minimum absolute atomic E-state index is 0. The van der Waals surface area contributed by atoms with Crippen LogP contribution in [0.4, 0.5) is 0 Å². The monoisotopic (exact) mass is 319 g/mol. The van der Waals surface area contributed by atoms with Crippen LogP contribution < -0.4 is 11.1 Å². The fourth-order valence-electron chi connectivity index (χ4n) is 1.98. The molecule has 20 heavy (non-hydrogen) atoms. The molecule has 1 aromatic rings. The molecule has 1 amide bonds. The molecular formula is C14H23Cl2N3O. The molecule has 1 aromatic carbocycles. The Morgan fingerprint density at radius 2 is 1.95 bits per heavy atom. The number of hydrogen-bond donors (Lipinski definition) is 2. The van der Waals surface area contributed by atoms with Crippen molar-refractivity contribution >= 4 is 30.7 Å². The van der Waals surface area contributed by atoms with Gasteiger partial charge in [0.05, 0.1) is 0 Å². The number of amides is 1. The first-order valence-corrected chi connectivity index (χ1v) is 6.47. The summed E-state index contributed by atoms with van der Waals surface area (Å²) >= 11 is 0. The summed E-state index contributed by atoms with van der Waals surface area (Å²) < 4.78 is 0. The van der Waals surface area contributed by atoms with Crippen LogP contribution in [0.25, 0.3) is 0 Å². The van der Waals surface area contributed by atoms with Crippen molar-refractivity contribution in [1.29, 1.82) is 0 Å². The number of hydrogen-bond acceptors (Lipinski definition) is 3. The van der Waals surface area contributed by atoms with Gasteiger partial charge in [0.25, 0.3) is 0 Å². The Kier molecular flexibility index (Phi) is 8.81. The zero-order valence-corrected chi connectivity index (χ0v) is 13.3. The zero-order valence-electron chi connectivity index (χ0n) is 11.6. The van der Waals surface area contributed by atoms with Crippen molar-refractivity contribution < 1.29 is 4.79 Å². The third kappa shape index (κ3) is 5.67. The first-order valence-electron chi connectivity index (χ1n) is 6.47. The summed E-state index contributed by atoms with van der Waals surface area (Å²) in [6.07, 6.45) is 2.57. The molecule has 114 valence electrons. The summed E-state index contributed by atoms with van der Waals surface area (Å²) in [4.78, 5) is 14.1. The predicted molar refractivity (Wildman–Crippen MR) is 86.5 cm³/mol. The molecule has 1 atom stereocenters. The molecule has 0 spiro atoms. The molecule has 1 fully saturated rings. The Balaban J connectivity index is 0.00000180. The normalized spacial score (nSPS) is 14.9. The molecule has 1 aliphatic carbocycles. The van der Waals surface area contributed by atoms with Crippen molar-refractivity contribution in [3.8, 4) is 0 Å². The fourth-order valence-corrected chi connectivity index (χ4v) is 1.98. The first kappa shape index (κ1) is 19.2. The lowest BCUT2D eigenvalue weighted by Crippen LogP contribution is -2.38. The van der Waals surface area contributed by atoms with E-state index in [1.807, 2.05) is 30.3 Å². The smallest absolute Gasteiger partial charge is 0.241 e. The molecule has 0 bridgehead atoms. The lowest BCUT2D eigenvalue weighted by Gasteiger charge is -2.17. The number of carbonyl (C=O) groups excluding carboxylic acids is 1. The Morgan fingerprint density at radius 3 is 2.50 bits per heavy atom. The van der Waals surface area contributed by atoms with E-state index < -0.39 is 6.04 Å². The summed E-state index contributed by atoms with van der Waals surface area (Å²) in [6.45, 7) is 1.55. The molecule has 1 unspecified atom stereocenters. The van der Waals surface area contributed by atoms with Crippen molar-refractivity contribution in [1.82, 2.24) is 10.2 Å². The molecule has 4 nitrogen and oxygen atoms in total. The molecule has 0 radical (unpaired) electrons. The van der Waals surface area contributed by atoms with Gasteiger partial charge in [0, 0.05) is 19.1 Å². The minimum Gasteiger partial charge on any atom is -0.353 e. The highest BCUT2D eigenvalue weighted by atomic mass is 35.5. The van der Waals surface area contributed by atoms with Crippen molar-refractivity contribution in [2.45, 2.75) is 24.9 Å². The van der Waals surface area contributed by atoms with Gasteiger partial charge in [0.15, 0.2) is 0 Å². The van der Waals surface area contributed by atoms with Crippen LogP contribution in [-0.2, 0) is 4.79 Å². The van der Waals surface area contributed by atoms with E-state index in [2.05, 4.69) is 17.3 Å². The Hall–Kier alpha value is -0.810. The zero-order chi connectivity index (χ0) is 13.0. The Morgan fingerprint density at radius 1 is 1.35 bits per heavy atom.